The molecule has 0 aliphatic carbocycles. The van der Waals surface area contributed by atoms with Gasteiger partial charge >= 0.3 is 5.97 Å². The molecule has 116 valence electrons. The Bertz CT molecular complexity index is 580. The molecule has 0 unspecified atom stereocenters. The Hall–Kier alpha value is -1.50. The first-order valence-corrected chi connectivity index (χ1v) is 8.28. The van der Waals surface area contributed by atoms with E-state index in [1.54, 1.807) is 4.57 Å². The topological polar surface area (TPSA) is 64.4 Å². The fourth-order valence-electron chi connectivity index (χ4n) is 2.40. The molecule has 1 aromatic rings. The van der Waals surface area contributed by atoms with E-state index in [2.05, 4.69) is 18.8 Å². The molecule has 2 rings (SSSR count). The molecule has 0 fully saturated rings. The monoisotopic (exact) mass is 311 g/mol. The van der Waals surface area contributed by atoms with E-state index in [0.29, 0.717) is 17.4 Å². The molecule has 1 aromatic heterocycles. The van der Waals surface area contributed by atoms with Gasteiger partial charge in [0.2, 0.25) is 0 Å². The van der Waals surface area contributed by atoms with Crippen LogP contribution in [0.1, 0.15) is 33.6 Å². The minimum Gasteiger partial charge on any atom is -0.405 e. The van der Waals surface area contributed by atoms with Crippen LogP contribution in [-0.4, -0.2) is 34.4 Å². The second-order valence-electron chi connectivity index (χ2n) is 4.93. The highest BCUT2D eigenvalue weighted by Crippen LogP contribution is 2.29. The summed E-state index contributed by atoms with van der Waals surface area (Å²) in [5.41, 5.74) is 0.309. The lowest BCUT2D eigenvalue weighted by atomic mass is 10.3. The fourth-order valence-corrected chi connectivity index (χ4v) is 3.33. The Morgan fingerprint density at radius 3 is 2.62 bits per heavy atom. The van der Waals surface area contributed by atoms with Gasteiger partial charge in [-0.25, -0.2) is 0 Å². The second-order valence-corrected chi connectivity index (χ2v) is 6.00. The zero-order chi connectivity index (χ0) is 15.4. The van der Waals surface area contributed by atoms with Crippen LogP contribution in [-0.2, 0) is 11.3 Å². The third-order valence-electron chi connectivity index (χ3n) is 3.17. The van der Waals surface area contributed by atoms with Gasteiger partial charge in [0.15, 0.2) is 10.8 Å². The molecule has 2 heterocycles. The smallest absolute Gasteiger partial charge is 0.309 e. The van der Waals surface area contributed by atoms with Gasteiger partial charge in [-0.05, 0) is 12.8 Å². The minimum absolute atomic E-state index is 0.108. The number of carbonyl (C=O) groups is 1. The zero-order valence-corrected chi connectivity index (χ0v) is 13.5. The first-order valence-electron chi connectivity index (χ1n) is 7.29. The first kappa shape index (κ1) is 15.9. The van der Waals surface area contributed by atoms with Crippen molar-refractivity contribution in [3.05, 3.63) is 10.4 Å². The molecule has 7 heteroatoms. The van der Waals surface area contributed by atoms with Crippen LogP contribution in [0.3, 0.4) is 0 Å². The standard InChI is InChI=1S/C14H21N3O3S/c1-4-6-16(7-5-2)11-12(20-10(3)18)15-14-17(13(11)19)8-9-21-14/h4-9H2,1-3H3. The second kappa shape index (κ2) is 6.98. The van der Waals surface area contributed by atoms with Crippen molar-refractivity contribution < 1.29 is 9.53 Å². The summed E-state index contributed by atoms with van der Waals surface area (Å²) in [5, 5.41) is 0.632. The van der Waals surface area contributed by atoms with Crippen LogP contribution in [0.5, 0.6) is 5.88 Å². The molecule has 0 aromatic carbocycles. The normalized spacial score (nSPS) is 13.1. The highest BCUT2D eigenvalue weighted by atomic mass is 32.2. The fraction of sp³-hybridized carbons (Fsp3) is 0.643. The molecule has 0 amide bonds. The van der Waals surface area contributed by atoms with Crippen LogP contribution < -0.4 is 15.2 Å². The van der Waals surface area contributed by atoms with E-state index in [-0.39, 0.29) is 11.4 Å². The number of esters is 1. The molecule has 0 saturated carbocycles. The average molecular weight is 311 g/mol. The molecule has 0 saturated heterocycles. The van der Waals surface area contributed by atoms with Crippen molar-refractivity contribution >= 4 is 23.4 Å². The molecule has 0 atom stereocenters. The van der Waals surface area contributed by atoms with E-state index in [4.69, 9.17) is 4.74 Å². The number of hydrogen-bond acceptors (Lipinski definition) is 6. The van der Waals surface area contributed by atoms with E-state index in [1.807, 2.05) is 4.90 Å². The van der Waals surface area contributed by atoms with Gasteiger partial charge in [0, 0.05) is 32.3 Å². The number of hydrogen-bond donors (Lipinski definition) is 0. The van der Waals surface area contributed by atoms with Gasteiger partial charge in [-0.2, -0.15) is 4.98 Å². The summed E-state index contributed by atoms with van der Waals surface area (Å²) in [7, 11) is 0. The number of rotatable bonds is 6. The van der Waals surface area contributed by atoms with Gasteiger partial charge in [0.05, 0.1) is 0 Å². The predicted octanol–water partition coefficient (Wildman–Crippen LogP) is 1.90. The Balaban J connectivity index is 2.54. The van der Waals surface area contributed by atoms with Crippen LogP contribution in [0.2, 0.25) is 0 Å². The SMILES string of the molecule is CCCN(CCC)c1c(OC(C)=O)nc2n(c1=O)CCS2. The van der Waals surface area contributed by atoms with Crippen LogP contribution >= 0.6 is 11.8 Å². The van der Waals surface area contributed by atoms with Gasteiger partial charge in [-0.15, -0.1) is 0 Å². The predicted molar refractivity (Wildman–Crippen MR) is 83.3 cm³/mol. The summed E-state index contributed by atoms with van der Waals surface area (Å²) in [6, 6.07) is 0. The van der Waals surface area contributed by atoms with Gasteiger partial charge in [-0.3, -0.25) is 14.2 Å². The van der Waals surface area contributed by atoms with Crippen molar-refractivity contribution in [1.82, 2.24) is 9.55 Å². The number of fused-ring (bicyclic) bond motifs is 1. The quantitative estimate of drug-likeness (QED) is 0.590. The molecular weight excluding hydrogens is 290 g/mol. The summed E-state index contributed by atoms with van der Waals surface area (Å²) in [5.74, 6) is 0.520. The van der Waals surface area contributed by atoms with Crippen LogP contribution in [0.4, 0.5) is 5.69 Å². The lowest BCUT2D eigenvalue weighted by Gasteiger charge is -2.24. The summed E-state index contributed by atoms with van der Waals surface area (Å²) >= 11 is 1.51. The molecule has 0 N–H and O–H groups in total. The summed E-state index contributed by atoms with van der Waals surface area (Å²) in [6.45, 7) is 7.58. The lowest BCUT2D eigenvalue weighted by molar-refractivity contribution is -0.132. The Kier molecular flexibility index (Phi) is 5.27. The van der Waals surface area contributed by atoms with Crippen LogP contribution in [0, 0.1) is 0 Å². The van der Waals surface area contributed by atoms with Crippen molar-refractivity contribution in [3.63, 3.8) is 0 Å². The maximum Gasteiger partial charge on any atom is 0.309 e. The number of thioether (sulfide) groups is 1. The summed E-state index contributed by atoms with van der Waals surface area (Å²) in [6.07, 6.45) is 1.82. The van der Waals surface area contributed by atoms with Crippen molar-refractivity contribution in [2.75, 3.05) is 23.7 Å². The molecule has 21 heavy (non-hydrogen) atoms. The highest BCUT2D eigenvalue weighted by molar-refractivity contribution is 7.99. The Morgan fingerprint density at radius 2 is 2.05 bits per heavy atom. The van der Waals surface area contributed by atoms with Gasteiger partial charge < -0.3 is 9.64 Å². The lowest BCUT2D eigenvalue weighted by Crippen LogP contribution is -2.35. The van der Waals surface area contributed by atoms with Crippen molar-refractivity contribution in [1.29, 1.82) is 0 Å². The van der Waals surface area contributed by atoms with E-state index in [1.165, 1.54) is 18.7 Å². The van der Waals surface area contributed by atoms with Gasteiger partial charge in [0.25, 0.3) is 11.4 Å². The highest BCUT2D eigenvalue weighted by Gasteiger charge is 2.25. The Labute approximate surface area is 128 Å². The molecular formula is C14H21N3O3S. The van der Waals surface area contributed by atoms with E-state index in [0.717, 1.165) is 31.7 Å². The van der Waals surface area contributed by atoms with Crippen molar-refractivity contribution in [3.8, 4) is 5.88 Å². The Morgan fingerprint density at radius 1 is 1.38 bits per heavy atom. The summed E-state index contributed by atoms with van der Waals surface area (Å²) < 4.78 is 6.88. The first-order chi connectivity index (χ1) is 10.1. The molecule has 6 nitrogen and oxygen atoms in total. The third-order valence-corrected chi connectivity index (χ3v) is 4.12. The maximum absolute atomic E-state index is 12.7. The molecule has 1 aliphatic heterocycles. The van der Waals surface area contributed by atoms with Crippen LogP contribution in [0.25, 0.3) is 0 Å². The van der Waals surface area contributed by atoms with E-state index < -0.39 is 5.97 Å². The van der Waals surface area contributed by atoms with Crippen molar-refractivity contribution in [2.24, 2.45) is 0 Å². The minimum atomic E-state index is -0.455. The molecule has 0 bridgehead atoms. The molecule has 1 aliphatic rings. The van der Waals surface area contributed by atoms with E-state index >= 15 is 0 Å². The number of carbonyl (C=O) groups excluding carboxylic acids is 1. The van der Waals surface area contributed by atoms with Gasteiger partial charge in [-0.1, -0.05) is 25.6 Å². The average Bonchev–Trinajstić information content (AvgIpc) is 2.87. The number of ether oxygens (including phenoxy) is 1. The van der Waals surface area contributed by atoms with Crippen LogP contribution in [0.15, 0.2) is 9.95 Å². The van der Waals surface area contributed by atoms with E-state index in [9.17, 15) is 9.59 Å². The van der Waals surface area contributed by atoms with Crippen molar-refractivity contribution in [2.45, 2.75) is 45.3 Å². The summed E-state index contributed by atoms with van der Waals surface area (Å²) in [4.78, 5) is 30.4. The largest absolute Gasteiger partial charge is 0.405 e. The zero-order valence-electron chi connectivity index (χ0n) is 12.7. The molecule has 0 spiro atoms. The molecule has 0 radical (unpaired) electrons. The number of nitrogens with zero attached hydrogens (tertiary/aromatic N) is 3. The third kappa shape index (κ3) is 3.40. The number of aromatic nitrogens is 2. The number of anilines is 1. The maximum atomic E-state index is 12.7. The van der Waals surface area contributed by atoms with Gasteiger partial charge in [0.1, 0.15) is 0 Å².